The summed E-state index contributed by atoms with van der Waals surface area (Å²) in [5.74, 6) is 1.23. The van der Waals surface area contributed by atoms with Crippen LogP contribution in [0.15, 0.2) is 40.9 Å². The third kappa shape index (κ3) is 3.41. The number of anilines is 1. The first-order valence-electron chi connectivity index (χ1n) is 8.57. The van der Waals surface area contributed by atoms with Crippen molar-refractivity contribution < 1.29 is 18.8 Å². The molecule has 1 N–H and O–H groups in total. The van der Waals surface area contributed by atoms with E-state index in [1.165, 1.54) is 11.3 Å². The largest absolute Gasteiger partial charge is 0.495 e. The Hall–Kier alpha value is -3.10. The highest BCUT2D eigenvalue weighted by Gasteiger charge is 2.24. The molecule has 0 bridgehead atoms. The number of carbonyl (C=O) groups excluding carboxylic acids is 1. The first-order chi connectivity index (χ1) is 14.0. The number of hydrogen-bond acceptors (Lipinski definition) is 7. The molecule has 0 aliphatic carbocycles. The molecule has 148 valence electrons. The highest BCUT2D eigenvalue weighted by molar-refractivity contribution is 7.22. The summed E-state index contributed by atoms with van der Waals surface area (Å²) in [6.45, 7) is 1.67. The van der Waals surface area contributed by atoms with Gasteiger partial charge < -0.3 is 14.0 Å². The highest BCUT2D eigenvalue weighted by atomic mass is 35.5. The van der Waals surface area contributed by atoms with Crippen LogP contribution in [0.2, 0.25) is 5.02 Å². The minimum absolute atomic E-state index is 0.302. The third-order valence-corrected chi connectivity index (χ3v) is 5.66. The van der Waals surface area contributed by atoms with Crippen LogP contribution in [-0.4, -0.2) is 30.3 Å². The molecule has 1 amide bonds. The van der Waals surface area contributed by atoms with E-state index in [9.17, 15) is 4.79 Å². The van der Waals surface area contributed by atoms with Crippen molar-refractivity contribution in [3.05, 3.63) is 52.7 Å². The molecule has 0 radical (unpaired) electrons. The Morgan fingerprint density at radius 1 is 1.14 bits per heavy atom. The lowest BCUT2D eigenvalue weighted by atomic mass is 10.1. The average Bonchev–Trinajstić information content (AvgIpc) is 3.31. The van der Waals surface area contributed by atoms with Gasteiger partial charge in [0.25, 0.3) is 5.91 Å². The van der Waals surface area contributed by atoms with E-state index in [2.05, 4.69) is 15.5 Å². The maximum Gasteiger partial charge on any atom is 0.263 e. The van der Waals surface area contributed by atoms with Gasteiger partial charge in [0.2, 0.25) is 0 Å². The zero-order valence-electron chi connectivity index (χ0n) is 15.8. The van der Waals surface area contributed by atoms with Crippen LogP contribution in [-0.2, 0) is 0 Å². The summed E-state index contributed by atoms with van der Waals surface area (Å²) in [6, 6.07) is 10.7. The molecular weight excluding hydrogens is 414 g/mol. The summed E-state index contributed by atoms with van der Waals surface area (Å²) in [5, 5.41) is 7.73. The number of aryl methyl sites for hydroxylation is 1. The first kappa shape index (κ1) is 19.2. The molecule has 0 saturated carbocycles. The number of rotatable bonds is 5. The second-order valence-corrected chi connectivity index (χ2v) is 7.47. The Bertz CT molecular complexity index is 1180. The number of benzene rings is 2. The van der Waals surface area contributed by atoms with E-state index in [0.717, 1.165) is 4.70 Å². The topological polar surface area (TPSA) is 86.5 Å². The molecule has 4 rings (SSSR count). The second-order valence-electron chi connectivity index (χ2n) is 6.06. The summed E-state index contributed by atoms with van der Waals surface area (Å²) < 4.78 is 16.8. The molecule has 0 saturated heterocycles. The van der Waals surface area contributed by atoms with Crippen molar-refractivity contribution in [3.8, 4) is 22.8 Å². The number of methoxy groups -OCH3 is 2. The number of nitrogens with zero attached hydrogens (tertiary/aromatic N) is 2. The Morgan fingerprint density at radius 3 is 2.59 bits per heavy atom. The molecule has 0 spiro atoms. The van der Waals surface area contributed by atoms with Crippen LogP contribution in [0, 0.1) is 6.92 Å². The number of ether oxygens (including phenoxy) is 2. The third-order valence-electron chi connectivity index (χ3n) is 4.35. The van der Waals surface area contributed by atoms with E-state index in [0.29, 0.717) is 49.8 Å². The first-order valence-corrected chi connectivity index (χ1v) is 9.77. The van der Waals surface area contributed by atoms with E-state index in [1.807, 2.05) is 6.07 Å². The standard InChI is InChI=1S/C20H16ClN3O4S/c1-10-15(16(24-28-10)11-6-4-5-7-12(11)21)19(25)23-20-22-17-13(26-2)8-9-14(27-3)18(17)29-20/h4-9H,1-3H3,(H,22,23,25). The van der Waals surface area contributed by atoms with Gasteiger partial charge in [-0.3, -0.25) is 10.1 Å². The minimum atomic E-state index is -0.393. The zero-order chi connectivity index (χ0) is 20.5. The molecule has 0 fully saturated rings. The lowest BCUT2D eigenvalue weighted by molar-refractivity contribution is 0.102. The number of carbonyl (C=O) groups is 1. The van der Waals surface area contributed by atoms with Crippen LogP contribution in [0.25, 0.3) is 21.5 Å². The maximum atomic E-state index is 13.0. The van der Waals surface area contributed by atoms with Crippen molar-refractivity contribution in [2.75, 3.05) is 19.5 Å². The van der Waals surface area contributed by atoms with Crippen LogP contribution < -0.4 is 14.8 Å². The Morgan fingerprint density at radius 2 is 1.86 bits per heavy atom. The van der Waals surface area contributed by atoms with E-state index in [4.69, 9.17) is 25.6 Å². The normalized spacial score (nSPS) is 10.9. The van der Waals surface area contributed by atoms with Gasteiger partial charge in [-0.15, -0.1) is 0 Å². The van der Waals surface area contributed by atoms with E-state index in [1.54, 1.807) is 51.5 Å². The van der Waals surface area contributed by atoms with Crippen molar-refractivity contribution in [1.29, 1.82) is 0 Å². The van der Waals surface area contributed by atoms with Gasteiger partial charge in [0.15, 0.2) is 5.13 Å². The second kappa shape index (κ2) is 7.73. The highest BCUT2D eigenvalue weighted by Crippen LogP contribution is 2.39. The van der Waals surface area contributed by atoms with Crippen molar-refractivity contribution in [2.45, 2.75) is 6.92 Å². The van der Waals surface area contributed by atoms with Gasteiger partial charge in [0.05, 0.1) is 19.2 Å². The van der Waals surface area contributed by atoms with Crippen LogP contribution in [0.3, 0.4) is 0 Å². The molecule has 9 heteroatoms. The zero-order valence-corrected chi connectivity index (χ0v) is 17.4. The molecule has 0 aliphatic heterocycles. The summed E-state index contributed by atoms with van der Waals surface area (Å²) in [4.78, 5) is 17.5. The number of aromatic nitrogens is 2. The molecule has 0 unspecified atom stereocenters. The Kier molecular flexibility index (Phi) is 5.12. The minimum Gasteiger partial charge on any atom is -0.495 e. The molecule has 2 aromatic carbocycles. The number of amides is 1. The fourth-order valence-electron chi connectivity index (χ4n) is 2.98. The van der Waals surface area contributed by atoms with Crippen LogP contribution in [0.1, 0.15) is 16.1 Å². The molecule has 29 heavy (non-hydrogen) atoms. The van der Waals surface area contributed by atoms with Crippen LogP contribution in [0.5, 0.6) is 11.5 Å². The maximum absolute atomic E-state index is 13.0. The SMILES string of the molecule is COc1ccc(OC)c2sc(NC(=O)c3c(-c4ccccc4Cl)noc3C)nc12. The van der Waals surface area contributed by atoms with Gasteiger partial charge in [-0.1, -0.05) is 46.3 Å². The van der Waals surface area contributed by atoms with Gasteiger partial charge in [0.1, 0.15) is 38.7 Å². The molecule has 0 aliphatic rings. The van der Waals surface area contributed by atoms with E-state index >= 15 is 0 Å². The molecule has 2 heterocycles. The Balaban J connectivity index is 1.73. The summed E-state index contributed by atoms with van der Waals surface area (Å²) in [5.41, 5.74) is 1.91. The van der Waals surface area contributed by atoms with Crippen molar-refractivity contribution in [1.82, 2.24) is 10.1 Å². The molecule has 7 nitrogen and oxygen atoms in total. The lowest BCUT2D eigenvalue weighted by Crippen LogP contribution is -2.13. The number of halogens is 1. The molecule has 4 aromatic rings. The van der Waals surface area contributed by atoms with Gasteiger partial charge in [0, 0.05) is 5.56 Å². The quantitative estimate of drug-likeness (QED) is 0.470. The lowest BCUT2D eigenvalue weighted by Gasteiger charge is -2.04. The molecular formula is C20H16ClN3O4S. The van der Waals surface area contributed by atoms with Crippen LogP contribution in [0.4, 0.5) is 5.13 Å². The number of nitrogens with one attached hydrogen (secondary N) is 1. The van der Waals surface area contributed by atoms with Crippen LogP contribution >= 0.6 is 22.9 Å². The Labute approximate surface area is 175 Å². The van der Waals surface area contributed by atoms with E-state index < -0.39 is 5.91 Å². The average molecular weight is 430 g/mol. The summed E-state index contributed by atoms with van der Waals surface area (Å²) in [7, 11) is 3.14. The fourth-order valence-corrected chi connectivity index (χ4v) is 4.17. The molecule has 0 atom stereocenters. The smallest absolute Gasteiger partial charge is 0.263 e. The monoisotopic (exact) mass is 429 g/mol. The number of hydrogen-bond donors (Lipinski definition) is 1. The van der Waals surface area contributed by atoms with Crippen molar-refractivity contribution in [3.63, 3.8) is 0 Å². The summed E-state index contributed by atoms with van der Waals surface area (Å²) >= 11 is 7.56. The van der Waals surface area contributed by atoms with Gasteiger partial charge in [-0.05, 0) is 25.1 Å². The predicted octanol–water partition coefficient (Wildman–Crippen LogP) is 5.18. The fraction of sp³-hybridized carbons (Fsp3) is 0.150. The number of thiazole rings is 1. The summed E-state index contributed by atoms with van der Waals surface area (Å²) in [6.07, 6.45) is 0. The molecule has 2 aromatic heterocycles. The van der Waals surface area contributed by atoms with Gasteiger partial charge in [-0.25, -0.2) is 4.98 Å². The van der Waals surface area contributed by atoms with Gasteiger partial charge in [-0.2, -0.15) is 0 Å². The van der Waals surface area contributed by atoms with Gasteiger partial charge >= 0.3 is 0 Å². The van der Waals surface area contributed by atoms with Crippen molar-refractivity contribution >= 4 is 44.2 Å². The predicted molar refractivity (Wildman–Crippen MR) is 112 cm³/mol. The number of fused-ring (bicyclic) bond motifs is 1. The van der Waals surface area contributed by atoms with Crippen molar-refractivity contribution in [2.24, 2.45) is 0 Å². The van der Waals surface area contributed by atoms with E-state index in [-0.39, 0.29) is 0 Å².